The Morgan fingerprint density at radius 3 is 2.44 bits per heavy atom. The van der Waals surface area contributed by atoms with Gasteiger partial charge in [0, 0.05) is 6.54 Å². The second-order valence-corrected chi connectivity index (χ2v) is 7.58. The number of aliphatic imine (C=N–C) groups is 1. The van der Waals surface area contributed by atoms with E-state index in [9.17, 15) is 13.2 Å². The van der Waals surface area contributed by atoms with E-state index >= 15 is 0 Å². The highest BCUT2D eigenvalue weighted by molar-refractivity contribution is 7.89. The zero-order valence-electron chi connectivity index (χ0n) is 14.9. The second kappa shape index (κ2) is 12.6. The number of isocyanates is 1. The van der Waals surface area contributed by atoms with Crippen molar-refractivity contribution in [1.29, 1.82) is 0 Å². The quantitative estimate of drug-likeness (QED) is 0.310. The number of nitrogens with zero attached hydrogens (tertiary/aromatic N) is 1. The summed E-state index contributed by atoms with van der Waals surface area (Å²) in [5.74, 6) is 0.688. The van der Waals surface area contributed by atoms with Gasteiger partial charge in [0.1, 0.15) is 5.75 Å². The van der Waals surface area contributed by atoms with E-state index in [1.54, 1.807) is 24.3 Å². The molecule has 1 aromatic rings. The van der Waals surface area contributed by atoms with Crippen LogP contribution in [0.15, 0.2) is 34.2 Å². The minimum atomic E-state index is -3.48. The Hall–Kier alpha value is -1.69. The maximum absolute atomic E-state index is 12.2. The van der Waals surface area contributed by atoms with Crippen molar-refractivity contribution in [2.24, 2.45) is 4.99 Å². The van der Waals surface area contributed by atoms with Gasteiger partial charge < -0.3 is 4.74 Å². The van der Waals surface area contributed by atoms with Crippen molar-refractivity contribution in [3.63, 3.8) is 0 Å². The Balaban J connectivity index is 2.31. The summed E-state index contributed by atoms with van der Waals surface area (Å²) in [6.07, 6.45) is 8.14. The molecule has 1 aromatic carbocycles. The van der Waals surface area contributed by atoms with Crippen molar-refractivity contribution >= 4 is 16.1 Å². The molecule has 0 atom stereocenters. The maximum atomic E-state index is 12.2. The number of benzene rings is 1. The van der Waals surface area contributed by atoms with Gasteiger partial charge in [0.15, 0.2) is 0 Å². The fourth-order valence-corrected chi connectivity index (χ4v) is 3.34. The van der Waals surface area contributed by atoms with Gasteiger partial charge in [-0.25, -0.2) is 22.9 Å². The third-order valence-corrected chi connectivity index (χ3v) is 5.18. The Labute approximate surface area is 150 Å². The Morgan fingerprint density at radius 1 is 1.04 bits per heavy atom. The summed E-state index contributed by atoms with van der Waals surface area (Å²) >= 11 is 0. The lowest BCUT2D eigenvalue weighted by atomic mass is 10.2. The molecule has 0 unspecified atom stereocenters. The fraction of sp³-hybridized carbons (Fsp3) is 0.611. The SMILES string of the molecule is CCCCCOc1ccc(S(=O)(=O)NCCCCCCN=C=O)cc1. The zero-order chi connectivity index (χ0) is 18.4. The van der Waals surface area contributed by atoms with Crippen LogP contribution in [0.5, 0.6) is 5.75 Å². The van der Waals surface area contributed by atoms with Crippen LogP contribution in [0.4, 0.5) is 0 Å². The maximum Gasteiger partial charge on any atom is 0.240 e. The minimum Gasteiger partial charge on any atom is -0.494 e. The van der Waals surface area contributed by atoms with E-state index in [1.165, 1.54) is 6.08 Å². The molecule has 6 nitrogen and oxygen atoms in total. The van der Waals surface area contributed by atoms with Crippen molar-refractivity contribution < 1.29 is 17.9 Å². The molecular weight excluding hydrogens is 340 g/mol. The fourth-order valence-electron chi connectivity index (χ4n) is 2.26. The van der Waals surface area contributed by atoms with Gasteiger partial charge in [-0.1, -0.05) is 32.6 Å². The van der Waals surface area contributed by atoms with E-state index in [0.717, 1.165) is 44.9 Å². The van der Waals surface area contributed by atoms with E-state index in [-0.39, 0.29) is 4.90 Å². The van der Waals surface area contributed by atoms with Crippen molar-refractivity contribution in [1.82, 2.24) is 4.72 Å². The molecule has 140 valence electrons. The molecule has 0 spiro atoms. The third kappa shape index (κ3) is 9.39. The standard InChI is InChI=1S/C18H28N2O4S/c1-2-3-8-15-24-17-9-11-18(12-10-17)25(22,23)20-14-7-5-4-6-13-19-16-21/h9-12,20H,2-8,13-15H2,1H3. The number of sulfonamides is 1. The highest BCUT2D eigenvalue weighted by Gasteiger charge is 2.13. The first-order chi connectivity index (χ1) is 12.1. The van der Waals surface area contributed by atoms with Crippen LogP contribution in [0.1, 0.15) is 51.9 Å². The molecule has 0 aliphatic rings. The predicted molar refractivity (Wildman–Crippen MR) is 98.1 cm³/mol. The van der Waals surface area contributed by atoms with Crippen molar-refractivity contribution in [3.8, 4) is 5.75 Å². The molecule has 0 aromatic heterocycles. The number of ether oxygens (including phenoxy) is 1. The van der Waals surface area contributed by atoms with Crippen molar-refractivity contribution in [3.05, 3.63) is 24.3 Å². The first-order valence-electron chi connectivity index (χ1n) is 8.86. The van der Waals surface area contributed by atoms with Crippen LogP contribution >= 0.6 is 0 Å². The lowest BCUT2D eigenvalue weighted by Crippen LogP contribution is -2.24. The largest absolute Gasteiger partial charge is 0.494 e. The highest BCUT2D eigenvalue weighted by Crippen LogP contribution is 2.16. The van der Waals surface area contributed by atoms with Crippen LogP contribution in [-0.2, 0) is 14.8 Å². The molecule has 0 aliphatic carbocycles. The lowest BCUT2D eigenvalue weighted by molar-refractivity contribution is 0.306. The summed E-state index contributed by atoms with van der Waals surface area (Å²) in [7, 11) is -3.48. The average Bonchev–Trinajstić information content (AvgIpc) is 2.61. The molecule has 0 aliphatic heterocycles. The Bertz CT molecular complexity index is 623. The van der Waals surface area contributed by atoms with E-state index in [0.29, 0.717) is 25.4 Å². The molecule has 7 heteroatoms. The molecule has 0 heterocycles. The van der Waals surface area contributed by atoms with Gasteiger partial charge in [0.25, 0.3) is 0 Å². The predicted octanol–water partition coefficient (Wildman–Crippen LogP) is 3.43. The summed E-state index contributed by atoms with van der Waals surface area (Å²) in [6.45, 7) is 3.67. The van der Waals surface area contributed by atoms with Crippen LogP contribution in [0.25, 0.3) is 0 Å². The molecule has 0 fully saturated rings. The number of unbranched alkanes of at least 4 members (excludes halogenated alkanes) is 5. The molecule has 0 radical (unpaired) electrons. The van der Waals surface area contributed by atoms with Gasteiger partial charge in [-0.3, -0.25) is 0 Å². The summed E-state index contributed by atoms with van der Waals surface area (Å²) < 4.78 is 32.6. The van der Waals surface area contributed by atoms with E-state index < -0.39 is 10.0 Å². The third-order valence-electron chi connectivity index (χ3n) is 3.70. The number of rotatable bonds is 14. The molecule has 0 saturated carbocycles. The van der Waals surface area contributed by atoms with Crippen molar-refractivity contribution in [2.75, 3.05) is 19.7 Å². The average molecular weight is 368 g/mol. The van der Waals surface area contributed by atoms with Gasteiger partial charge in [-0.15, -0.1) is 0 Å². The van der Waals surface area contributed by atoms with E-state index in [4.69, 9.17) is 4.74 Å². The Kier molecular flexibility index (Phi) is 10.8. The van der Waals surface area contributed by atoms with Crippen LogP contribution in [0.3, 0.4) is 0 Å². The molecule has 0 bridgehead atoms. The number of nitrogens with one attached hydrogen (secondary N) is 1. The number of hydrogen-bond donors (Lipinski definition) is 1. The first-order valence-corrected chi connectivity index (χ1v) is 10.3. The van der Waals surface area contributed by atoms with E-state index in [1.807, 2.05) is 0 Å². The summed E-state index contributed by atoms with van der Waals surface area (Å²) in [6, 6.07) is 6.51. The minimum absolute atomic E-state index is 0.244. The van der Waals surface area contributed by atoms with Crippen LogP contribution in [0.2, 0.25) is 0 Å². The van der Waals surface area contributed by atoms with Gasteiger partial charge in [0.05, 0.1) is 18.0 Å². The normalized spacial score (nSPS) is 11.1. The molecule has 1 N–H and O–H groups in total. The van der Waals surface area contributed by atoms with Gasteiger partial charge in [-0.05, 0) is 43.5 Å². The summed E-state index contributed by atoms with van der Waals surface area (Å²) in [4.78, 5) is 13.6. The number of hydrogen-bond acceptors (Lipinski definition) is 5. The van der Waals surface area contributed by atoms with E-state index in [2.05, 4.69) is 16.6 Å². The highest BCUT2D eigenvalue weighted by atomic mass is 32.2. The van der Waals surface area contributed by atoms with Crippen molar-refractivity contribution in [2.45, 2.75) is 56.8 Å². The van der Waals surface area contributed by atoms with Crippen LogP contribution in [0, 0.1) is 0 Å². The summed E-state index contributed by atoms with van der Waals surface area (Å²) in [5, 5.41) is 0. The first kappa shape index (κ1) is 21.4. The molecule has 25 heavy (non-hydrogen) atoms. The molecule has 1 rings (SSSR count). The molecule has 0 amide bonds. The van der Waals surface area contributed by atoms with Gasteiger partial charge in [0.2, 0.25) is 16.1 Å². The Morgan fingerprint density at radius 2 is 1.76 bits per heavy atom. The van der Waals surface area contributed by atoms with Gasteiger partial charge >= 0.3 is 0 Å². The molecule has 0 saturated heterocycles. The molecular formula is C18H28N2O4S. The summed E-state index contributed by atoms with van der Waals surface area (Å²) in [5.41, 5.74) is 0. The monoisotopic (exact) mass is 368 g/mol. The second-order valence-electron chi connectivity index (χ2n) is 5.81. The van der Waals surface area contributed by atoms with Gasteiger partial charge in [-0.2, -0.15) is 0 Å². The number of carbonyl (C=O) groups excluding carboxylic acids is 1. The lowest BCUT2D eigenvalue weighted by Gasteiger charge is -2.09. The topological polar surface area (TPSA) is 84.8 Å². The zero-order valence-corrected chi connectivity index (χ0v) is 15.7. The van der Waals surface area contributed by atoms with Crippen LogP contribution in [-0.4, -0.2) is 34.2 Å². The van der Waals surface area contributed by atoms with Crippen LogP contribution < -0.4 is 9.46 Å². The smallest absolute Gasteiger partial charge is 0.240 e.